The quantitative estimate of drug-likeness (QED) is 0.468. The second kappa shape index (κ2) is 9.78. The molecule has 2 N–H and O–H groups in total. The molecule has 1 unspecified atom stereocenters. The molecule has 2 aliphatic heterocycles. The first-order valence-corrected chi connectivity index (χ1v) is 11.7. The monoisotopic (exact) mass is 479 g/mol. The van der Waals surface area contributed by atoms with Gasteiger partial charge in [0.25, 0.3) is 0 Å². The summed E-state index contributed by atoms with van der Waals surface area (Å²) >= 11 is 0. The number of ether oxygens (including phenoxy) is 1. The van der Waals surface area contributed by atoms with Gasteiger partial charge in [0, 0.05) is 56.6 Å². The summed E-state index contributed by atoms with van der Waals surface area (Å²) in [5.41, 5.74) is 4.96. The summed E-state index contributed by atoms with van der Waals surface area (Å²) in [6, 6.07) is 5.44. The van der Waals surface area contributed by atoms with Crippen molar-refractivity contribution in [1.29, 1.82) is 0 Å². The van der Waals surface area contributed by atoms with E-state index in [0.717, 1.165) is 54.0 Å². The molecule has 0 amide bonds. The third kappa shape index (κ3) is 4.80. The number of carbonyl (C=O) groups excluding carboxylic acids is 1. The van der Waals surface area contributed by atoms with Crippen molar-refractivity contribution in [1.82, 2.24) is 35.0 Å². The standard InChI is InChI=1S/C24H29N7O4/c1-15-9-23(31-14-26-27-28-31)25-10-19(15)22(33)12-30-7-5-29(6-8-30)11-21(32)17-3-4-18-20(16(17)2)13-35-24(18)34/h3-4,9-10,14,21-22,32-33H,5-8,11-13H2,1-2H3/t21-,22?/m0/s1. The molecule has 3 aromatic rings. The highest BCUT2D eigenvalue weighted by Crippen LogP contribution is 2.29. The van der Waals surface area contributed by atoms with Crippen molar-refractivity contribution in [2.45, 2.75) is 32.7 Å². The molecule has 11 heteroatoms. The fourth-order valence-corrected chi connectivity index (χ4v) is 4.86. The molecule has 35 heavy (non-hydrogen) atoms. The molecule has 0 radical (unpaired) electrons. The van der Waals surface area contributed by atoms with E-state index in [1.165, 1.54) is 11.0 Å². The summed E-state index contributed by atoms with van der Waals surface area (Å²) in [7, 11) is 0. The zero-order valence-corrected chi connectivity index (χ0v) is 19.8. The number of hydrogen-bond donors (Lipinski definition) is 2. The van der Waals surface area contributed by atoms with Crippen LogP contribution in [0.25, 0.3) is 5.82 Å². The van der Waals surface area contributed by atoms with Crippen LogP contribution in [0.5, 0.6) is 0 Å². The number of aryl methyl sites for hydroxylation is 1. The topological polar surface area (TPSA) is 130 Å². The number of pyridine rings is 1. The fourth-order valence-electron chi connectivity index (χ4n) is 4.86. The summed E-state index contributed by atoms with van der Waals surface area (Å²) in [6.45, 7) is 8.37. The minimum atomic E-state index is -0.651. The van der Waals surface area contributed by atoms with E-state index in [-0.39, 0.29) is 12.6 Å². The number of aliphatic hydroxyl groups excluding tert-OH is 2. The van der Waals surface area contributed by atoms with Crippen molar-refractivity contribution >= 4 is 5.97 Å². The van der Waals surface area contributed by atoms with Crippen LogP contribution in [0.1, 0.15) is 50.4 Å². The maximum absolute atomic E-state index is 11.8. The summed E-state index contributed by atoms with van der Waals surface area (Å²) < 4.78 is 6.61. The number of benzene rings is 1. The Morgan fingerprint density at radius 1 is 1.03 bits per heavy atom. The molecule has 11 nitrogen and oxygen atoms in total. The number of esters is 1. The fraction of sp³-hybridized carbons (Fsp3) is 0.458. The Morgan fingerprint density at radius 2 is 1.71 bits per heavy atom. The molecular formula is C24H29N7O4. The molecule has 1 fully saturated rings. The van der Waals surface area contributed by atoms with Crippen molar-refractivity contribution in [3.63, 3.8) is 0 Å². The van der Waals surface area contributed by atoms with Crippen LogP contribution in [0.2, 0.25) is 0 Å². The normalized spacial score (nSPS) is 18.3. The number of fused-ring (bicyclic) bond motifs is 1. The first-order chi connectivity index (χ1) is 16.9. The number of aliphatic hydroxyl groups is 2. The van der Waals surface area contributed by atoms with Crippen molar-refractivity contribution in [3.8, 4) is 5.82 Å². The second-order valence-corrected chi connectivity index (χ2v) is 9.17. The third-order valence-corrected chi connectivity index (χ3v) is 6.97. The zero-order valence-electron chi connectivity index (χ0n) is 19.8. The maximum atomic E-state index is 11.8. The number of hydrogen-bond acceptors (Lipinski definition) is 10. The minimum absolute atomic E-state index is 0.275. The first kappa shape index (κ1) is 23.5. The Labute approximate surface area is 202 Å². The van der Waals surface area contributed by atoms with Gasteiger partial charge >= 0.3 is 5.97 Å². The molecule has 1 saturated heterocycles. The average Bonchev–Trinajstić information content (AvgIpc) is 3.51. The van der Waals surface area contributed by atoms with Crippen molar-refractivity contribution < 1.29 is 19.7 Å². The number of carbonyl (C=O) groups is 1. The lowest BCUT2D eigenvalue weighted by molar-refractivity contribution is 0.0478. The van der Waals surface area contributed by atoms with Crippen LogP contribution in [-0.2, 0) is 11.3 Å². The van der Waals surface area contributed by atoms with Crippen LogP contribution >= 0.6 is 0 Å². The van der Waals surface area contributed by atoms with E-state index >= 15 is 0 Å². The molecule has 0 spiro atoms. The van der Waals surface area contributed by atoms with E-state index in [1.807, 2.05) is 26.0 Å². The Hall–Kier alpha value is -3.25. The Balaban J connectivity index is 1.14. The van der Waals surface area contributed by atoms with Gasteiger partial charge in [0.1, 0.15) is 12.9 Å². The van der Waals surface area contributed by atoms with Gasteiger partial charge in [-0.1, -0.05) is 6.07 Å². The van der Waals surface area contributed by atoms with Gasteiger partial charge in [-0.15, -0.1) is 5.10 Å². The lowest BCUT2D eigenvalue weighted by Crippen LogP contribution is -2.48. The van der Waals surface area contributed by atoms with E-state index in [0.29, 0.717) is 24.5 Å². The Bertz CT molecular complexity index is 1210. The van der Waals surface area contributed by atoms with E-state index in [4.69, 9.17) is 4.74 Å². The van der Waals surface area contributed by atoms with Gasteiger partial charge in [-0.3, -0.25) is 9.80 Å². The lowest BCUT2D eigenvalue weighted by Gasteiger charge is -2.36. The molecule has 184 valence electrons. The molecule has 2 atom stereocenters. The summed E-state index contributed by atoms with van der Waals surface area (Å²) in [4.78, 5) is 20.6. The molecule has 0 aliphatic carbocycles. The van der Waals surface area contributed by atoms with Crippen molar-refractivity contribution in [2.24, 2.45) is 0 Å². The van der Waals surface area contributed by atoms with Gasteiger partial charge in [0.15, 0.2) is 5.82 Å². The molecule has 4 heterocycles. The SMILES string of the molecule is Cc1cc(-n2cnnn2)ncc1C(O)CN1CCN(C[C@H](O)c2ccc3c(c2C)COC3=O)CC1. The third-order valence-electron chi connectivity index (χ3n) is 6.97. The largest absolute Gasteiger partial charge is 0.457 e. The van der Waals surface area contributed by atoms with E-state index < -0.39 is 12.2 Å². The van der Waals surface area contributed by atoms with E-state index in [1.54, 1.807) is 12.3 Å². The first-order valence-electron chi connectivity index (χ1n) is 11.7. The van der Waals surface area contributed by atoms with Gasteiger partial charge in [0.05, 0.1) is 17.8 Å². The summed E-state index contributed by atoms with van der Waals surface area (Å²) in [5, 5.41) is 32.8. The van der Waals surface area contributed by atoms with E-state index in [9.17, 15) is 15.0 Å². The molecular weight excluding hydrogens is 450 g/mol. The van der Waals surface area contributed by atoms with Gasteiger partial charge < -0.3 is 14.9 Å². The summed E-state index contributed by atoms with van der Waals surface area (Å²) in [6.07, 6.45) is 1.87. The molecule has 5 rings (SSSR count). The Kier molecular flexibility index (Phi) is 6.56. The number of piperazine rings is 1. The zero-order chi connectivity index (χ0) is 24.5. The number of aromatic nitrogens is 5. The smallest absolute Gasteiger partial charge is 0.338 e. The highest BCUT2D eigenvalue weighted by atomic mass is 16.5. The maximum Gasteiger partial charge on any atom is 0.338 e. The number of cyclic esters (lactones) is 1. The number of nitrogens with zero attached hydrogens (tertiary/aromatic N) is 7. The van der Waals surface area contributed by atoms with Crippen LogP contribution in [0.3, 0.4) is 0 Å². The number of β-amino-alcohol motifs (C(OH)–C–C–N with tert-alkyl or cyclic N) is 2. The van der Waals surface area contributed by atoms with Crippen LogP contribution in [0.15, 0.2) is 30.7 Å². The van der Waals surface area contributed by atoms with Gasteiger partial charge in [-0.05, 0) is 53.1 Å². The van der Waals surface area contributed by atoms with Gasteiger partial charge in [-0.25, -0.2) is 9.78 Å². The van der Waals surface area contributed by atoms with Crippen LogP contribution < -0.4 is 0 Å². The number of rotatable bonds is 7. The van der Waals surface area contributed by atoms with Crippen LogP contribution in [0, 0.1) is 13.8 Å². The second-order valence-electron chi connectivity index (χ2n) is 9.17. The van der Waals surface area contributed by atoms with E-state index in [2.05, 4.69) is 30.3 Å². The lowest BCUT2D eigenvalue weighted by atomic mass is 9.95. The highest BCUT2D eigenvalue weighted by Gasteiger charge is 2.27. The summed E-state index contributed by atoms with van der Waals surface area (Å²) in [5.74, 6) is 0.310. The predicted molar refractivity (Wildman–Crippen MR) is 125 cm³/mol. The van der Waals surface area contributed by atoms with Crippen LogP contribution in [0.4, 0.5) is 0 Å². The highest BCUT2D eigenvalue weighted by molar-refractivity contribution is 5.93. The van der Waals surface area contributed by atoms with Gasteiger partial charge in [0.2, 0.25) is 0 Å². The molecule has 0 bridgehead atoms. The molecule has 2 aliphatic rings. The predicted octanol–water partition coefficient (Wildman–Crippen LogP) is 0.729. The molecule has 1 aromatic carbocycles. The molecule has 2 aromatic heterocycles. The minimum Gasteiger partial charge on any atom is -0.457 e. The molecule has 0 saturated carbocycles. The average molecular weight is 480 g/mol. The Morgan fingerprint density at radius 3 is 2.34 bits per heavy atom. The van der Waals surface area contributed by atoms with Gasteiger partial charge in [-0.2, -0.15) is 4.68 Å². The van der Waals surface area contributed by atoms with Crippen molar-refractivity contribution in [2.75, 3.05) is 39.3 Å². The van der Waals surface area contributed by atoms with Crippen LogP contribution in [-0.4, -0.2) is 90.4 Å². The van der Waals surface area contributed by atoms with Crippen molar-refractivity contribution in [3.05, 3.63) is 64.1 Å². The number of tetrazole rings is 1.